The van der Waals surface area contributed by atoms with Gasteiger partial charge in [0, 0.05) is 26.1 Å². The Kier molecular flexibility index (Phi) is 10.5. The summed E-state index contributed by atoms with van der Waals surface area (Å²) in [6.07, 6.45) is 2.11. The highest BCUT2D eigenvalue weighted by Crippen LogP contribution is 2.15. The van der Waals surface area contributed by atoms with Crippen molar-refractivity contribution in [1.29, 1.82) is 0 Å². The zero-order chi connectivity index (χ0) is 20.2. The van der Waals surface area contributed by atoms with Crippen molar-refractivity contribution in [3.63, 3.8) is 0 Å². The number of hydrogen-bond acceptors (Lipinski definition) is 4. The molecule has 0 spiro atoms. The first-order chi connectivity index (χ1) is 12.9. The largest absolute Gasteiger partial charge is 0.497 e. The molecule has 0 aliphatic rings. The molecular weight excluding hydrogens is 344 g/mol. The van der Waals surface area contributed by atoms with Crippen LogP contribution < -0.4 is 10.1 Å². The van der Waals surface area contributed by atoms with Gasteiger partial charge < -0.3 is 19.7 Å². The third-order valence-electron chi connectivity index (χ3n) is 4.21. The molecule has 27 heavy (non-hydrogen) atoms. The first kappa shape index (κ1) is 23.0. The predicted octanol–water partition coefficient (Wildman–Crippen LogP) is 3.14. The number of benzene rings is 1. The number of carbonyl (C=O) groups excluding carboxylic acids is 2. The van der Waals surface area contributed by atoms with Crippen molar-refractivity contribution in [3.05, 3.63) is 29.8 Å². The molecule has 0 heterocycles. The fourth-order valence-corrected chi connectivity index (χ4v) is 2.62. The number of nitrogens with zero attached hydrogens (tertiary/aromatic N) is 1. The van der Waals surface area contributed by atoms with Crippen LogP contribution in [0.1, 0.15) is 52.5 Å². The number of methoxy groups -OCH3 is 1. The molecule has 0 radical (unpaired) electrons. The maximum absolute atomic E-state index is 12.6. The van der Waals surface area contributed by atoms with E-state index in [1.807, 2.05) is 45.0 Å². The van der Waals surface area contributed by atoms with Gasteiger partial charge >= 0.3 is 0 Å². The molecule has 1 atom stereocenters. The van der Waals surface area contributed by atoms with E-state index in [9.17, 15) is 9.59 Å². The number of hydrogen-bond donors (Lipinski definition) is 1. The molecule has 0 aliphatic heterocycles. The molecule has 0 saturated heterocycles. The number of nitrogens with one attached hydrogen (secondary N) is 1. The highest BCUT2D eigenvalue weighted by atomic mass is 16.5. The van der Waals surface area contributed by atoms with Crippen molar-refractivity contribution in [1.82, 2.24) is 10.2 Å². The SMILES string of the molecule is CCCC(=O)N(Cc1ccc(OC)cc1)C(C)C(=O)NCCCOC(C)C. The summed E-state index contributed by atoms with van der Waals surface area (Å²) in [6, 6.07) is 7.02. The number of amides is 2. The summed E-state index contributed by atoms with van der Waals surface area (Å²) < 4.78 is 10.6. The molecule has 1 aromatic carbocycles. The fourth-order valence-electron chi connectivity index (χ4n) is 2.62. The zero-order valence-corrected chi connectivity index (χ0v) is 17.3. The topological polar surface area (TPSA) is 67.9 Å². The Labute approximate surface area is 163 Å². The molecular formula is C21H34N2O4. The van der Waals surface area contributed by atoms with Crippen LogP contribution in [-0.4, -0.2) is 49.1 Å². The second-order valence-corrected chi connectivity index (χ2v) is 6.86. The standard InChI is InChI=1S/C21H34N2O4/c1-6-8-20(24)23(15-18-9-11-19(26-5)12-10-18)17(4)21(25)22-13-7-14-27-16(2)3/h9-12,16-17H,6-8,13-15H2,1-5H3,(H,22,25). The lowest BCUT2D eigenvalue weighted by Gasteiger charge is -2.29. The number of carbonyl (C=O) groups is 2. The van der Waals surface area contributed by atoms with Crippen molar-refractivity contribution in [2.45, 2.75) is 65.6 Å². The minimum atomic E-state index is -0.530. The van der Waals surface area contributed by atoms with Gasteiger partial charge in [0.2, 0.25) is 11.8 Å². The molecule has 152 valence electrons. The molecule has 1 rings (SSSR count). The summed E-state index contributed by atoms with van der Waals surface area (Å²) >= 11 is 0. The lowest BCUT2D eigenvalue weighted by atomic mass is 10.1. The summed E-state index contributed by atoms with van der Waals surface area (Å²) in [6.45, 7) is 9.24. The quantitative estimate of drug-likeness (QED) is 0.568. The normalized spacial score (nSPS) is 11.9. The van der Waals surface area contributed by atoms with E-state index in [-0.39, 0.29) is 17.9 Å². The van der Waals surface area contributed by atoms with Crippen molar-refractivity contribution >= 4 is 11.8 Å². The number of rotatable bonds is 12. The summed E-state index contributed by atoms with van der Waals surface area (Å²) in [7, 11) is 1.62. The summed E-state index contributed by atoms with van der Waals surface area (Å²) in [5, 5.41) is 2.90. The highest BCUT2D eigenvalue weighted by molar-refractivity contribution is 5.87. The van der Waals surface area contributed by atoms with Crippen LogP contribution in [0.2, 0.25) is 0 Å². The van der Waals surface area contributed by atoms with Gasteiger partial charge in [-0.3, -0.25) is 9.59 Å². The van der Waals surface area contributed by atoms with Crippen molar-refractivity contribution in [3.8, 4) is 5.75 Å². The summed E-state index contributed by atoms with van der Waals surface area (Å²) in [5.74, 6) is 0.608. The van der Waals surface area contributed by atoms with Crippen LogP contribution in [0.25, 0.3) is 0 Å². The molecule has 0 bridgehead atoms. The van der Waals surface area contributed by atoms with Crippen LogP contribution in [0, 0.1) is 0 Å². The van der Waals surface area contributed by atoms with Gasteiger partial charge in [0.1, 0.15) is 11.8 Å². The third kappa shape index (κ3) is 8.43. The molecule has 2 amide bonds. The van der Waals surface area contributed by atoms with E-state index in [2.05, 4.69) is 5.32 Å². The van der Waals surface area contributed by atoms with E-state index in [0.29, 0.717) is 26.1 Å². The molecule has 1 N–H and O–H groups in total. The Morgan fingerprint density at radius 3 is 2.37 bits per heavy atom. The Morgan fingerprint density at radius 2 is 1.81 bits per heavy atom. The lowest BCUT2D eigenvalue weighted by molar-refractivity contribution is -0.140. The van der Waals surface area contributed by atoms with Gasteiger partial charge in [0.15, 0.2) is 0 Å². The van der Waals surface area contributed by atoms with Gasteiger partial charge in [-0.1, -0.05) is 19.1 Å². The molecule has 1 aromatic rings. The minimum Gasteiger partial charge on any atom is -0.497 e. The number of ether oxygens (including phenoxy) is 2. The zero-order valence-electron chi connectivity index (χ0n) is 17.3. The third-order valence-corrected chi connectivity index (χ3v) is 4.21. The molecule has 0 aliphatic carbocycles. The monoisotopic (exact) mass is 378 g/mol. The van der Waals surface area contributed by atoms with E-state index in [1.54, 1.807) is 18.9 Å². The van der Waals surface area contributed by atoms with Crippen LogP contribution in [0.15, 0.2) is 24.3 Å². The molecule has 1 unspecified atom stereocenters. The molecule has 0 fully saturated rings. The van der Waals surface area contributed by atoms with Crippen LogP contribution in [-0.2, 0) is 20.9 Å². The van der Waals surface area contributed by atoms with Gasteiger partial charge in [-0.2, -0.15) is 0 Å². The predicted molar refractivity (Wildman–Crippen MR) is 107 cm³/mol. The first-order valence-corrected chi connectivity index (χ1v) is 9.70. The van der Waals surface area contributed by atoms with Gasteiger partial charge in [-0.25, -0.2) is 0 Å². The van der Waals surface area contributed by atoms with Gasteiger partial charge in [0.05, 0.1) is 13.2 Å². The first-order valence-electron chi connectivity index (χ1n) is 9.70. The maximum atomic E-state index is 12.6. The Balaban J connectivity index is 2.67. The van der Waals surface area contributed by atoms with Gasteiger partial charge in [0.25, 0.3) is 0 Å². The summed E-state index contributed by atoms with van der Waals surface area (Å²) in [5.41, 5.74) is 0.963. The average molecular weight is 379 g/mol. The fraction of sp³-hybridized carbons (Fsp3) is 0.619. The molecule has 0 saturated carbocycles. The Morgan fingerprint density at radius 1 is 1.15 bits per heavy atom. The van der Waals surface area contributed by atoms with Crippen molar-refractivity contribution in [2.75, 3.05) is 20.3 Å². The average Bonchev–Trinajstić information content (AvgIpc) is 2.65. The van der Waals surface area contributed by atoms with E-state index in [1.165, 1.54) is 0 Å². The van der Waals surface area contributed by atoms with E-state index >= 15 is 0 Å². The molecule has 0 aromatic heterocycles. The molecule has 6 heteroatoms. The Bertz CT molecular complexity index is 572. The minimum absolute atomic E-state index is 0.0147. The maximum Gasteiger partial charge on any atom is 0.242 e. The van der Waals surface area contributed by atoms with Gasteiger partial charge in [-0.05, 0) is 51.3 Å². The second-order valence-electron chi connectivity index (χ2n) is 6.86. The van der Waals surface area contributed by atoms with Crippen molar-refractivity contribution in [2.24, 2.45) is 0 Å². The van der Waals surface area contributed by atoms with E-state index in [0.717, 1.165) is 24.2 Å². The smallest absolute Gasteiger partial charge is 0.242 e. The molecule has 6 nitrogen and oxygen atoms in total. The van der Waals surface area contributed by atoms with E-state index in [4.69, 9.17) is 9.47 Å². The van der Waals surface area contributed by atoms with Gasteiger partial charge in [-0.15, -0.1) is 0 Å². The van der Waals surface area contributed by atoms with Crippen LogP contribution >= 0.6 is 0 Å². The highest BCUT2D eigenvalue weighted by Gasteiger charge is 2.25. The summed E-state index contributed by atoms with van der Waals surface area (Å²) in [4.78, 5) is 26.7. The van der Waals surface area contributed by atoms with E-state index < -0.39 is 6.04 Å². The Hall–Kier alpha value is -2.08. The second kappa shape index (κ2) is 12.3. The van der Waals surface area contributed by atoms with Crippen LogP contribution in [0.4, 0.5) is 0 Å². The lowest BCUT2D eigenvalue weighted by Crippen LogP contribution is -2.47. The van der Waals surface area contributed by atoms with Crippen molar-refractivity contribution < 1.29 is 19.1 Å². The van der Waals surface area contributed by atoms with Crippen LogP contribution in [0.3, 0.4) is 0 Å². The van der Waals surface area contributed by atoms with Crippen LogP contribution in [0.5, 0.6) is 5.75 Å².